The van der Waals surface area contributed by atoms with Crippen LogP contribution in [-0.2, 0) is 32.7 Å². The minimum Gasteiger partial charge on any atom is -0.480 e. The molecule has 11 nitrogen and oxygen atoms in total. The van der Waals surface area contributed by atoms with Gasteiger partial charge in [0, 0.05) is 12.8 Å². The maximum absolute atomic E-state index is 12.2. The van der Waals surface area contributed by atoms with Gasteiger partial charge in [0.1, 0.15) is 12.7 Å². The number of amides is 1. The van der Waals surface area contributed by atoms with Crippen molar-refractivity contribution >= 4 is 25.7 Å². The van der Waals surface area contributed by atoms with E-state index >= 15 is 0 Å². The molecule has 300 valence electrons. The number of phosphoric ester groups is 1. The molecule has 3 unspecified atom stereocenters. The van der Waals surface area contributed by atoms with Crippen LogP contribution in [0, 0.1) is 0 Å². The van der Waals surface area contributed by atoms with E-state index in [0.717, 1.165) is 44.9 Å². The molecule has 0 aromatic heterocycles. The Labute approximate surface area is 314 Å². The molecule has 0 radical (unpaired) electrons. The van der Waals surface area contributed by atoms with Crippen LogP contribution < -0.4 is 5.32 Å². The number of unbranched alkanes of at least 4 members (excludes halogenated alkanes) is 14. The second kappa shape index (κ2) is 35.5. The van der Waals surface area contributed by atoms with Crippen LogP contribution in [0.4, 0.5) is 0 Å². The van der Waals surface area contributed by atoms with Gasteiger partial charge >= 0.3 is 19.8 Å². The van der Waals surface area contributed by atoms with Crippen molar-refractivity contribution in [3.05, 3.63) is 48.6 Å². The third-order valence-electron chi connectivity index (χ3n) is 8.12. The molecule has 0 spiro atoms. The van der Waals surface area contributed by atoms with Gasteiger partial charge in [-0.15, -0.1) is 0 Å². The average Bonchev–Trinajstić information content (AvgIpc) is 3.11. The molecule has 0 aliphatic heterocycles. The van der Waals surface area contributed by atoms with Crippen LogP contribution in [0.25, 0.3) is 0 Å². The SMILES string of the molecule is CCCCC/C=C\C/C=C\C/C=C\C/C=C\CCCC(=O)NC(COP(=O)(O)OCC(O)COC(=O)CCCCCCCCCCCCC)C(=O)O. The van der Waals surface area contributed by atoms with Crippen LogP contribution >= 0.6 is 7.82 Å². The summed E-state index contributed by atoms with van der Waals surface area (Å²) in [4.78, 5) is 45.7. The molecule has 0 aromatic rings. The van der Waals surface area contributed by atoms with E-state index < -0.39 is 57.6 Å². The number of hydrogen-bond donors (Lipinski definition) is 4. The van der Waals surface area contributed by atoms with Crippen molar-refractivity contribution in [2.45, 2.75) is 167 Å². The highest BCUT2D eigenvalue weighted by molar-refractivity contribution is 7.47. The molecule has 0 aliphatic rings. The Morgan fingerprint density at radius 3 is 1.62 bits per heavy atom. The van der Waals surface area contributed by atoms with Crippen molar-refractivity contribution in [2.75, 3.05) is 19.8 Å². The number of aliphatic hydroxyl groups is 1. The lowest BCUT2D eigenvalue weighted by Crippen LogP contribution is -2.43. The summed E-state index contributed by atoms with van der Waals surface area (Å²) in [5.41, 5.74) is 0. The van der Waals surface area contributed by atoms with E-state index in [4.69, 9.17) is 13.8 Å². The quantitative estimate of drug-likeness (QED) is 0.0209. The zero-order chi connectivity index (χ0) is 38.5. The van der Waals surface area contributed by atoms with Crippen molar-refractivity contribution in [2.24, 2.45) is 0 Å². The van der Waals surface area contributed by atoms with Crippen molar-refractivity contribution in [3.63, 3.8) is 0 Å². The number of carboxylic acid groups (broad SMARTS) is 1. The maximum atomic E-state index is 12.2. The molecule has 4 N–H and O–H groups in total. The second-order valence-electron chi connectivity index (χ2n) is 13.1. The average molecular weight is 756 g/mol. The Morgan fingerprint density at radius 1 is 0.615 bits per heavy atom. The van der Waals surface area contributed by atoms with Crippen LogP contribution in [0.5, 0.6) is 0 Å². The van der Waals surface area contributed by atoms with E-state index in [1.54, 1.807) is 0 Å². The normalized spacial score (nSPS) is 14.4. The first-order valence-electron chi connectivity index (χ1n) is 19.7. The fourth-order valence-corrected chi connectivity index (χ4v) is 5.78. The highest BCUT2D eigenvalue weighted by Crippen LogP contribution is 2.43. The maximum Gasteiger partial charge on any atom is 0.472 e. The molecule has 1 amide bonds. The Balaban J connectivity index is 4.06. The monoisotopic (exact) mass is 755 g/mol. The van der Waals surface area contributed by atoms with Gasteiger partial charge in [0.05, 0.1) is 13.2 Å². The molecule has 3 atom stereocenters. The lowest BCUT2D eigenvalue weighted by Gasteiger charge is -2.18. The van der Waals surface area contributed by atoms with E-state index in [2.05, 4.69) is 55.6 Å². The van der Waals surface area contributed by atoms with Gasteiger partial charge < -0.3 is 25.2 Å². The third-order valence-corrected chi connectivity index (χ3v) is 9.07. The van der Waals surface area contributed by atoms with E-state index in [9.17, 15) is 34.1 Å². The smallest absolute Gasteiger partial charge is 0.472 e. The van der Waals surface area contributed by atoms with Crippen molar-refractivity contribution in [3.8, 4) is 0 Å². The standard InChI is InChI=1S/C40H70NO10P/c1-3-5-7-9-11-13-15-16-17-18-19-20-22-23-25-27-29-31-38(43)41-37(40(45)46)35-51-52(47,48)50-34-36(42)33-49-39(44)32-30-28-26-24-21-14-12-10-8-6-4-2/h11,13,16-17,19-20,23,25,36-37,42H,3-10,12,14-15,18,21-22,24,26-35H2,1-2H3,(H,41,43)(H,45,46)(H,47,48)/b13-11-,17-16-,20-19-,25-23-. The summed E-state index contributed by atoms with van der Waals surface area (Å²) in [6, 6.07) is -1.57. The number of carboxylic acids is 1. The number of carbonyl (C=O) groups is 3. The predicted molar refractivity (Wildman–Crippen MR) is 208 cm³/mol. The Kier molecular flexibility index (Phi) is 33.7. The first-order valence-corrected chi connectivity index (χ1v) is 21.2. The molecular formula is C40H70NO10P. The van der Waals surface area contributed by atoms with Gasteiger partial charge in [-0.25, -0.2) is 9.36 Å². The minimum absolute atomic E-state index is 0.0687. The molecule has 0 bridgehead atoms. The number of phosphoric acid groups is 1. The Bertz CT molecular complexity index is 1070. The summed E-state index contributed by atoms with van der Waals surface area (Å²) in [6.45, 7) is 2.49. The first kappa shape index (κ1) is 49.4. The summed E-state index contributed by atoms with van der Waals surface area (Å²) in [6.07, 6.45) is 37.2. The molecule has 0 saturated heterocycles. The van der Waals surface area contributed by atoms with Gasteiger partial charge in [-0.2, -0.15) is 0 Å². The number of hydrogen-bond acceptors (Lipinski definition) is 8. The molecule has 12 heteroatoms. The first-order chi connectivity index (χ1) is 25.1. The van der Waals surface area contributed by atoms with Crippen LogP contribution in [0.1, 0.15) is 155 Å². The Hall–Kier alpha value is -2.56. The number of ether oxygens (including phenoxy) is 1. The number of rotatable bonds is 36. The lowest BCUT2D eigenvalue weighted by atomic mass is 10.1. The number of nitrogens with one attached hydrogen (secondary N) is 1. The van der Waals surface area contributed by atoms with Crippen molar-refractivity contribution in [1.82, 2.24) is 5.32 Å². The Morgan fingerprint density at radius 2 is 1.08 bits per heavy atom. The summed E-state index contributed by atoms with van der Waals surface area (Å²) >= 11 is 0. The largest absolute Gasteiger partial charge is 0.480 e. The third kappa shape index (κ3) is 34.5. The van der Waals surface area contributed by atoms with Crippen LogP contribution in [0.2, 0.25) is 0 Å². The fourth-order valence-electron chi connectivity index (χ4n) is 5.01. The molecule has 52 heavy (non-hydrogen) atoms. The molecule has 0 fully saturated rings. The minimum atomic E-state index is -4.76. The fraction of sp³-hybridized carbons (Fsp3) is 0.725. The number of aliphatic carboxylic acids is 1. The summed E-state index contributed by atoms with van der Waals surface area (Å²) in [5, 5.41) is 21.7. The zero-order valence-corrected chi connectivity index (χ0v) is 33.0. The second-order valence-corrected chi connectivity index (χ2v) is 14.6. The summed E-state index contributed by atoms with van der Waals surface area (Å²) < 4.78 is 26.7. The van der Waals surface area contributed by atoms with Crippen LogP contribution in [0.15, 0.2) is 48.6 Å². The van der Waals surface area contributed by atoms with Crippen molar-refractivity contribution in [1.29, 1.82) is 0 Å². The molecule has 0 heterocycles. The van der Waals surface area contributed by atoms with E-state index in [1.165, 1.54) is 64.2 Å². The molecule has 0 rings (SSSR count). The van der Waals surface area contributed by atoms with Crippen molar-refractivity contribution < 1.29 is 47.8 Å². The molecular weight excluding hydrogens is 685 g/mol. The van der Waals surface area contributed by atoms with Gasteiger partial charge in [0.15, 0.2) is 6.04 Å². The van der Waals surface area contributed by atoms with Gasteiger partial charge in [-0.05, 0) is 51.4 Å². The highest BCUT2D eigenvalue weighted by Gasteiger charge is 2.28. The van der Waals surface area contributed by atoms with Gasteiger partial charge in [0.25, 0.3) is 0 Å². The van der Waals surface area contributed by atoms with Crippen LogP contribution in [0.3, 0.4) is 0 Å². The number of aliphatic hydroxyl groups excluding tert-OH is 1. The molecule has 0 aromatic carbocycles. The van der Waals surface area contributed by atoms with E-state index in [1.807, 2.05) is 12.2 Å². The van der Waals surface area contributed by atoms with Crippen LogP contribution in [-0.4, -0.2) is 64.9 Å². The molecule has 0 saturated carbocycles. The van der Waals surface area contributed by atoms with Gasteiger partial charge in [-0.3, -0.25) is 18.6 Å². The lowest BCUT2D eigenvalue weighted by molar-refractivity contribution is -0.147. The van der Waals surface area contributed by atoms with E-state index in [-0.39, 0.29) is 12.8 Å². The number of esters is 1. The van der Waals surface area contributed by atoms with Gasteiger partial charge in [-0.1, -0.05) is 140 Å². The summed E-state index contributed by atoms with van der Waals surface area (Å²) in [5.74, 6) is -2.46. The predicted octanol–water partition coefficient (Wildman–Crippen LogP) is 9.44. The highest BCUT2D eigenvalue weighted by atomic mass is 31.2. The van der Waals surface area contributed by atoms with Gasteiger partial charge in [0.2, 0.25) is 5.91 Å². The number of carbonyl (C=O) groups excluding carboxylic acids is 2. The zero-order valence-electron chi connectivity index (χ0n) is 32.1. The number of allylic oxidation sites excluding steroid dienone is 8. The summed E-state index contributed by atoms with van der Waals surface area (Å²) in [7, 11) is -4.76. The topological polar surface area (TPSA) is 169 Å². The van der Waals surface area contributed by atoms with E-state index in [0.29, 0.717) is 19.3 Å². The molecule has 0 aliphatic carbocycles.